The van der Waals surface area contributed by atoms with Crippen molar-refractivity contribution in [1.29, 1.82) is 0 Å². The second kappa shape index (κ2) is 3.23. The molecule has 2 aromatic rings. The Morgan fingerprint density at radius 3 is 2.93 bits per heavy atom. The van der Waals surface area contributed by atoms with E-state index in [4.69, 9.17) is 16.7 Å². The number of hydrogen-bond donors (Lipinski definition) is 2. The fourth-order valence-corrected chi connectivity index (χ4v) is 1.41. The van der Waals surface area contributed by atoms with E-state index in [9.17, 15) is 4.79 Å². The fourth-order valence-electron chi connectivity index (χ4n) is 1.23. The fraction of sp³-hybridized carbons (Fsp3) is 0. The summed E-state index contributed by atoms with van der Waals surface area (Å²) < 4.78 is 4.46. The van der Waals surface area contributed by atoms with Gasteiger partial charge in [-0.15, -0.1) is 0 Å². The van der Waals surface area contributed by atoms with Gasteiger partial charge in [0, 0.05) is 22.0 Å². The molecule has 0 fully saturated rings. The van der Waals surface area contributed by atoms with Crippen molar-refractivity contribution in [2.45, 2.75) is 0 Å². The molecule has 0 spiro atoms. The minimum Gasteiger partial charge on any atom is -0.449 e. The number of benzene rings is 1. The quantitative estimate of drug-likeness (QED) is 0.713. The number of carboxylic acid groups (broad SMARTS) is 1. The molecule has 0 radical (unpaired) electrons. The minimum atomic E-state index is -1.34. The first-order chi connectivity index (χ1) is 6.65. The van der Waals surface area contributed by atoms with Crippen LogP contribution in [-0.2, 0) is 0 Å². The van der Waals surface area contributed by atoms with E-state index in [-0.39, 0.29) is 5.88 Å². The molecule has 0 saturated carbocycles. The second-order valence-corrected chi connectivity index (χ2v) is 3.17. The molecule has 0 bridgehead atoms. The van der Waals surface area contributed by atoms with Crippen molar-refractivity contribution in [3.8, 4) is 5.88 Å². The van der Waals surface area contributed by atoms with E-state index in [1.165, 1.54) is 0 Å². The molecule has 1 aromatic heterocycles. The zero-order chi connectivity index (χ0) is 10.1. The first-order valence-electron chi connectivity index (χ1n) is 3.84. The molecule has 0 amide bonds. The van der Waals surface area contributed by atoms with Crippen LogP contribution in [0.2, 0.25) is 5.02 Å². The van der Waals surface area contributed by atoms with Gasteiger partial charge < -0.3 is 14.8 Å². The molecule has 4 nitrogen and oxygen atoms in total. The molecule has 0 atom stereocenters. The average molecular weight is 212 g/mol. The summed E-state index contributed by atoms with van der Waals surface area (Å²) in [5, 5.41) is 9.79. The van der Waals surface area contributed by atoms with Crippen LogP contribution in [0.5, 0.6) is 5.88 Å². The lowest BCUT2D eigenvalue weighted by Crippen LogP contribution is -2.02. The molecule has 1 aromatic carbocycles. The molecular formula is C9H6ClNO3. The highest BCUT2D eigenvalue weighted by Gasteiger charge is 2.05. The maximum absolute atomic E-state index is 10.2. The highest BCUT2D eigenvalue weighted by molar-refractivity contribution is 6.31. The van der Waals surface area contributed by atoms with Crippen LogP contribution < -0.4 is 4.74 Å². The van der Waals surface area contributed by atoms with Crippen molar-refractivity contribution in [3.63, 3.8) is 0 Å². The van der Waals surface area contributed by atoms with Crippen molar-refractivity contribution in [2.24, 2.45) is 0 Å². The van der Waals surface area contributed by atoms with E-state index >= 15 is 0 Å². The Bertz CT molecular complexity index is 492. The molecule has 0 aliphatic carbocycles. The van der Waals surface area contributed by atoms with Crippen molar-refractivity contribution >= 4 is 28.7 Å². The van der Waals surface area contributed by atoms with Crippen molar-refractivity contribution in [1.82, 2.24) is 4.98 Å². The number of nitrogens with one attached hydrogen (secondary N) is 1. The third kappa shape index (κ3) is 1.65. The smallest absolute Gasteiger partial charge is 0.449 e. The number of halogens is 1. The maximum atomic E-state index is 10.2. The highest BCUT2D eigenvalue weighted by atomic mass is 35.5. The Balaban J connectivity index is 2.46. The molecule has 14 heavy (non-hydrogen) atoms. The predicted octanol–water partition coefficient (Wildman–Crippen LogP) is 2.88. The summed E-state index contributed by atoms with van der Waals surface area (Å²) in [5.74, 6) is 0.190. The van der Waals surface area contributed by atoms with Crippen LogP contribution in [0.4, 0.5) is 4.79 Å². The van der Waals surface area contributed by atoms with E-state index in [0.29, 0.717) is 5.02 Å². The SMILES string of the molecule is O=C(O)Oc1cc2cc(Cl)ccc2[nH]1. The van der Waals surface area contributed by atoms with Crippen LogP contribution in [0.25, 0.3) is 10.9 Å². The van der Waals surface area contributed by atoms with Gasteiger partial charge in [0.05, 0.1) is 0 Å². The van der Waals surface area contributed by atoms with Gasteiger partial charge in [-0.3, -0.25) is 0 Å². The van der Waals surface area contributed by atoms with Gasteiger partial charge >= 0.3 is 6.16 Å². The standard InChI is InChI=1S/C9H6ClNO3/c10-6-1-2-7-5(3-6)4-8(11-7)14-9(12)13/h1-4,11H,(H,12,13). The van der Waals surface area contributed by atoms with Crippen LogP contribution in [0.3, 0.4) is 0 Å². The Morgan fingerprint density at radius 1 is 1.43 bits per heavy atom. The number of aromatic nitrogens is 1. The molecule has 0 aliphatic rings. The van der Waals surface area contributed by atoms with Crippen LogP contribution in [-0.4, -0.2) is 16.2 Å². The molecule has 1 heterocycles. The lowest BCUT2D eigenvalue weighted by molar-refractivity contribution is 0.143. The highest BCUT2D eigenvalue weighted by Crippen LogP contribution is 2.23. The number of rotatable bonds is 1. The third-order valence-electron chi connectivity index (χ3n) is 1.76. The molecule has 5 heteroatoms. The van der Waals surface area contributed by atoms with Gasteiger partial charge in [0.2, 0.25) is 5.88 Å². The monoisotopic (exact) mass is 211 g/mol. The zero-order valence-corrected chi connectivity index (χ0v) is 7.71. The number of aromatic amines is 1. The van der Waals surface area contributed by atoms with Crippen LogP contribution in [0, 0.1) is 0 Å². The largest absolute Gasteiger partial charge is 0.512 e. The number of ether oxygens (including phenoxy) is 1. The normalized spacial score (nSPS) is 10.4. The van der Waals surface area contributed by atoms with E-state index in [1.807, 2.05) is 0 Å². The van der Waals surface area contributed by atoms with E-state index in [0.717, 1.165) is 10.9 Å². The third-order valence-corrected chi connectivity index (χ3v) is 1.99. The zero-order valence-electron chi connectivity index (χ0n) is 6.95. The number of fused-ring (bicyclic) bond motifs is 1. The summed E-state index contributed by atoms with van der Waals surface area (Å²) in [6.45, 7) is 0. The summed E-state index contributed by atoms with van der Waals surface area (Å²) in [6.07, 6.45) is -1.34. The Hall–Kier alpha value is -1.68. The molecule has 2 rings (SSSR count). The minimum absolute atomic E-state index is 0.190. The van der Waals surface area contributed by atoms with Gasteiger partial charge in [-0.2, -0.15) is 0 Å². The van der Waals surface area contributed by atoms with E-state index in [1.54, 1.807) is 24.3 Å². The van der Waals surface area contributed by atoms with Crippen LogP contribution in [0.15, 0.2) is 24.3 Å². The van der Waals surface area contributed by atoms with Crippen LogP contribution >= 0.6 is 11.6 Å². The van der Waals surface area contributed by atoms with Gasteiger partial charge in [-0.25, -0.2) is 4.79 Å². The van der Waals surface area contributed by atoms with Gasteiger partial charge in [0.15, 0.2) is 0 Å². The lowest BCUT2D eigenvalue weighted by atomic mass is 10.2. The first-order valence-corrected chi connectivity index (χ1v) is 4.22. The molecule has 0 aliphatic heterocycles. The molecular weight excluding hydrogens is 206 g/mol. The number of carbonyl (C=O) groups is 1. The molecule has 2 N–H and O–H groups in total. The molecule has 0 saturated heterocycles. The van der Waals surface area contributed by atoms with Gasteiger partial charge in [0.1, 0.15) is 0 Å². The Kier molecular flexibility index (Phi) is 2.05. The second-order valence-electron chi connectivity index (χ2n) is 2.73. The predicted molar refractivity (Wildman–Crippen MR) is 52.0 cm³/mol. The number of hydrogen-bond acceptors (Lipinski definition) is 2. The van der Waals surface area contributed by atoms with Crippen molar-refractivity contribution in [3.05, 3.63) is 29.3 Å². The first kappa shape index (κ1) is 8.90. The van der Waals surface area contributed by atoms with E-state index < -0.39 is 6.16 Å². The lowest BCUT2D eigenvalue weighted by Gasteiger charge is -1.91. The summed E-state index contributed by atoms with van der Waals surface area (Å²) >= 11 is 5.76. The van der Waals surface area contributed by atoms with Crippen molar-refractivity contribution in [2.75, 3.05) is 0 Å². The number of H-pyrrole nitrogens is 1. The summed E-state index contributed by atoms with van der Waals surface area (Å²) in [7, 11) is 0. The summed E-state index contributed by atoms with van der Waals surface area (Å²) in [5.41, 5.74) is 0.783. The average Bonchev–Trinajstić information content (AvgIpc) is 2.44. The van der Waals surface area contributed by atoms with Gasteiger partial charge in [0.25, 0.3) is 0 Å². The topological polar surface area (TPSA) is 62.3 Å². The maximum Gasteiger partial charge on any atom is 0.512 e. The van der Waals surface area contributed by atoms with Gasteiger partial charge in [-0.05, 0) is 18.2 Å². The molecule has 72 valence electrons. The van der Waals surface area contributed by atoms with Gasteiger partial charge in [-0.1, -0.05) is 11.6 Å². The summed E-state index contributed by atoms with van der Waals surface area (Å²) in [6, 6.07) is 6.77. The van der Waals surface area contributed by atoms with Crippen molar-refractivity contribution < 1.29 is 14.6 Å². The Labute approximate surface area is 84.1 Å². The Morgan fingerprint density at radius 2 is 2.21 bits per heavy atom. The van der Waals surface area contributed by atoms with E-state index in [2.05, 4.69) is 9.72 Å². The molecule has 0 unspecified atom stereocenters. The van der Waals surface area contributed by atoms with Crippen LogP contribution in [0.1, 0.15) is 0 Å². The summed E-state index contributed by atoms with van der Waals surface area (Å²) in [4.78, 5) is 13.0.